The van der Waals surface area contributed by atoms with Crippen molar-refractivity contribution in [2.24, 2.45) is 0 Å². The molecule has 158 valence electrons. The lowest BCUT2D eigenvalue weighted by atomic mass is 10.1. The van der Waals surface area contributed by atoms with Crippen molar-refractivity contribution in [1.29, 1.82) is 0 Å². The number of nitrogens with zero attached hydrogens (tertiary/aromatic N) is 2. The molecule has 7 nitrogen and oxygen atoms in total. The largest absolute Gasteiger partial charge is 0.454 e. The number of aromatic nitrogens is 1. The number of nitrogens with one attached hydrogen (secondary N) is 1. The molecule has 1 N–H and O–H groups in total. The minimum absolute atomic E-state index is 0.102. The van der Waals surface area contributed by atoms with Gasteiger partial charge in [-0.3, -0.25) is 9.59 Å². The van der Waals surface area contributed by atoms with E-state index in [-0.39, 0.29) is 45.0 Å². The van der Waals surface area contributed by atoms with Crippen LogP contribution >= 0.6 is 11.3 Å². The second kappa shape index (κ2) is 6.61. The minimum Gasteiger partial charge on any atom is -0.454 e. The van der Waals surface area contributed by atoms with Gasteiger partial charge in [-0.15, -0.1) is 11.3 Å². The zero-order chi connectivity index (χ0) is 21.3. The summed E-state index contributed by atoms with van der Waals surface area (Å²) in [4.78, 5) is 32.4. The molecular weight excluding hydrogens is 428 g/mol. The monoisotopic (exact) mass is 443 g/mol. The Morgan fingerprint density at radius 1 is 1.19 bits per heavy atom. The lowest BCUT2D eigenvalue weighted by Crippen LogP contribution is -2.40. The highest BCUT2D eigenvalue weighted by Crippen LogP contribution is 2.45. The molecule has 2 amide bonds. The summed E-state index contributed by atoms with van der Waals surface area (Å²) in [5.41, 5.74) is 0.789. The molecule has 1 fully saturated rings. The Hall–Kier alpha value is -3.27. The third kappa shape index (κ3) is 2.71. The van der Waals surface area contributed by atoms with Crippen LogP contribution < -0.4 is 14.8 Å². The van der Waals surface area contributed by atoms with E-state index in [0.29, 0.717) is 35.7 Å². The van der Waals surface area contributed by atoms with E-state index in [1.54, 1.807) is 18.2 Å². The highest BCUT2D eigenvalue weighted by atomic mass is 32.1. The number of hydrogen-bond acceptors (Lipinski definition) is 6. The van der Waals surface area contributed by atoms with E-state index >= 15 is 0 Å². The number of halogens is 2. The van der Waals surface area contributed by atoms with Gasteiger partial charge in [-0.05, 0) is 37.1 Å². The first kappa shape index (κ1) is 18.5. The molecule has 5 heterocycles. The molecule has 31 heavy (non-hydrogen) atoms. The van der Waals surface area contributed by atoms with Crippen molar-refractivity contribution in [3.8, 4) is 22.8 Å². The Kier molecular flexibility index (Phi) is 3.95. The SMILES string of the molecule is O=C1Nc2c(sc3nc(-c4ccc5c(c4)OCO5)cc(C(F)F)c23)C(=O)N2CCC[C@H]12. The van der Waals surface area contributed by atoms with E-state index in [1.165, 1.54) is 11.0 Å². The average molecular weight is 443 g/mol. The lowest BCUT2D eigenvalue weighted by Gasteiger charge is -2.19. The van der Waals surface area contributed by atoms with Gasteiger partial charge in [0.1, 0.15) is 15.7 Å². The number of pyridine rings is 1. The Balaban J connectivity index is 1.55. The van der Waals surface area contributed by atoms with Crippen molar-refractivity contribution in [3.63, 3.8) is 0 Å². The Morgan fingerprint density at radius 3 is 2.87 bits per heavy atom. The number of rotatable bonds is 2. The predicted octanol–water partition coefficient (Wildman–Crippen LogP) is 4.19. The highest BCUT2D eigenvalue weighted by molar-refractivity contribution is 7.21. The van der Waals surface area contributed by atoms with Crippen LogP contribution in [0.5, 0.6) is 11.5 Å². The fraction of sp³-hybridized carbons (Fsp3) is 0.286. The molecule has 0 aliphatic carbocycles. The summed E-state index contributed by atoms with van der Waals surface area (Å²) in [6.07, 6.45) is -1.51. The number of amides is 2. The van der Waals surface area contributed by atoms with Gasteiger partial charge in [0, 0.05) is 23.1 Å². The van der Waals surface area contributed by atoms with E-state index in [4.69, 9.17) is 9.47 Å². The summed E-state index contributed by atoms with van der Waals surface area (Å²) in [5, 5.41) is 2.86. The van der Waals surface area contributed by atoms with Crippen molar-refractivity contribution >= 4 is 39.1 Å². The fourth-order valence-corrected chi connectivity index (χ4v) is 5.51. The van der Waals surface area contributed by atoms with Crippen molar-refractivity contribution in [1.82, 2.24) is 9.88 Å². The summed E-state index contributed by atoms with van der Waals surface area (Å²) in [5.74, 6) is 0.436. The van der Waals surface area contributed by atoms with E-state index in [2.05, 4.69) is 10.3 Å². The highest BCUT2D eigenvalue weighted by Gasteiger charge is 2.41. The molecule has 3 aliphatic heterocycles. The van der Waals surface area contributed by atoms with Crippen molar-refractivity contribution in [3.05, 3.63) is 34.7 Å². The molecule has 0 bridgehead atoms. The maximum absolute atomic E-state index is 14.1. The van der Waals surface area contributed by atoms with Gasteiger partial charge in [0.15, 0.2) is 11.5 Å². The third-order valence-corrected chi connectivity index (χ3v) is 6.93. The quantitative estimate of drug-likeness (QED) is 0.643. The number of carbonyl (C=O) groups is 2. The summed E-state index contributed by atoms with van der Waals surface area (Å²) in [6, 6.07) is 5.86. The maximum Gasteiger partial charge on any atom is 0.266 e. The minimum atomic E-state index is -2.81. The smallest absolute Gasteiger partial charge is 0.266 e. The second-order valence-corrected chi connectivity index (χ2v) is 8.60. The van der Waals surface area contributed by atoms with Gasteiger partial charge in [0.05, 0.1) is 11.4 Å². The first-order valence-electron chi connectivity index (χ1n) is 9.78. The number of thiophene rings is 1. The first-order valence-corrected chi connectivity index (χ1v) is 10.6. The van der Waals surface area contributed by atoms with Gasteiger partial charge in [-0.25, -0.2) is 13.8 Å². The van der Waals surface area contributed by atoms with E-state index in [0.717, 1.165) is 17.8 Å². The zero-order valence-corrected chi connectivity index (χ0v) is 16.8. The van der Waals surface area contributed by atoms with E-state index in [1.807, 2.05) is 0 Å². The summed E-state index contributed by atoms with van der Waals surface area (Å²) >= 11 is 1.03. The number of hydrogen-bond donors (Lipinski definition) is 1. The maximum atomic E-state index is 14.1. The number of fused-ring (bicyclic) bond motifs is 5. The second-order valence-electron chi connectivity index (χ2n) is 7.60. The molecule has 1 saturated heterocycles. The normalized spacial score (nSPS) is 19.6. The molecule has 3 aromatic rings. The summed E-state index contributed by atoms with van der Waals surface area (Å²) < 4.78 is 38.9. The predicted molar refractivity (Wildman–Crippen MR) is 109 cm³/mol. The van der Waals surface area contributed by atoms with Crippen LogP contribution in [0.2, 0.25) is 0 Å². The van der Waals surface area contributed by atoms with E-state index in [9.17, 15) is 18.4 Å². The Bertz CT molecular complexity index is 1280. The van der Waals surface area contributed by atoms with Gasteiger partial charge in [-0.2, -0.15) is 0 Å². The zero-order valence-electron chi connectivity index (χ0n) is 16.0. The average Bonchev–Trinajstić information content (AvgIpc) is 3.49. The number of benzene rings is 1. The molecule has 6 rings (SSSR count). The molecule has 10 heteroatoms. The van der Waals surface area contributed by atoms with Crippen LogP contribution in [0.15, 0.2) is 24.3 Å². The van der Waals surface area contributed by atoms with Crippen LogP contribution in [0.25, 0.3) is 21.5 Å². The molecular formula is C21H15F2N3O4S. The molecule has 0 radical (unpaired) electrons. The molecule has 1 atom stereocenters. The van der Waals surface area contributed by atoms with E-state index < -0.39 is 12.5 Å². The van der Waals surface area contributed by atoms with Crippen molar-refractivity contribution in [2.75, 3.05) is 18.7 Å². The summed E-state index contributed by atoms with van der Waals surface area (Å²) in [6.45, 7) is 0.576. The molecule has 3 aliphatic rings. The first-order chi connectivity index (χ1) is 15.0. The van der Waals surface area contributed by atoms with Crippen LogP contribution in [-0.4, -0.2) is 41.1 Å². The van der Waals surface area contributed by atoms with Gasteiger partial charge in [-0.1, -0.05) is 0 Å². The number of alkyl halides is 2. The molecule has 1 aromatic carbocycles. The van der Waals surface area contributed by atoms with Crippen molar-refractivity contribution in [2.45, 2.75) is 25.3 Å². The van der Waals surface area contributed by atoms with Gasteiger partial charge < -0.3 is 19.7 Å². The number of anilines is 1. The third-order valence-electron chi connectivity index (χ3n) is 5.85. The molecule has 0 unspecified atom stereocenters. The number of carbonyl (C=O) groups excluding carboxylic acids is 2. The molecule has 0 saturated carbocycles. The van der Waals surface area contributed by atoms with Gasteiger partial charge in [0.2, 0.25) is 12.7 Å². The lowest BCUT2D eigenvalue weighted by molar-refractivity contribution is -0.119. The van der Waals surface area contributed by atoms with Crippen LogP contribution in [0.4, 0.5) is 14.5 Å². The van der Waals surface area contributed by atoms with Crippen LogP contribution in [0.1, 0.15) is 34.5 Å². The Morgan fingerprint density at radius 2 is 2.03 bits per heavy atom. The van der Waals surface area contributed by atoms with Gasteiger partial charge >= 0.3 is 0 Å². The Labute approximate surface area is 178 Å². The van der Waals surface area contributed by atoms with Crippen LogP contribution in [0.3, 0.4) is 0 Å². The van der Waals surface area contributed by atoms with Gasteiger partial charge in [0.25, 0.3) is 12.3 Å². The standard InChI is InChI=1S/C21H15F2N3O4S/c22-18(23)10-7-11(9-3-4-13-14(6-9)30-8-29-13)24-20-15(10)16-17(31-20)21(28)26-5-1-2-12(26)19(27)25-16/h3-4,6-7,12,18H,1-2,5,8H2,(H,25,27)/t12-/m1/s1. The fourth-order valence-electron chi connectivity index (χ4n) is 4.39. The summed E-state index contributed by atoms with van der Waals surface area (Å²) in [7, 11) is 0. The van der Waals surface area contributed by atoms with Crippen LogP contribution in [-0.2, 0) is 4.79 Å². The topological polar surface area (TPSA) is 80.8 Å². The van der Waals surface area contributed by atoms with Crippen molar-refractivity contribution < 1.29 is 27.8 Å². The number of ether oxygens (including phenoxy) is 2. The molecule has 0 spiro atoms. The van der Waals surface area contributed by atoms with Crippen LogP contribution in [0, 0.1) is 0 Å². The molecule has 2 aromatic heterocycles.